The van der Waals surface area contributed by atoms with Crippen molar-refractivity contribution in [2.75, 3.05) is 19.1 Å². The number of carbonyl (C=O) groups excluding carboxylic acids is 3. The lowest BCUT2D eigenvalue weighted by Crippen LogP contribution is -2.62. The predicted molar refractivity (Wildman–Crippen MR) is 122 cm³/mol. The smallest absolute Gasteiger partial charge is 0.328 e. The molecule has 2 aromatic rings. The lowest BCUT2D eigenvalue weighted by atomic mass is 9.80. The molecule has 1 aromatic heterocycles. The van der Waals surface area contributed by atoms with Crippen molar-refractivity contribution < 1.29 is 19.1 Å². The standard InChI is InChI=1S/C22H28N2O4S2/c1-28-20(26)17(10-13-29-2)23-21(27)22(11-6-3-7-12-22)24-19(25)18-16-9-5-4-8-15(16)14-30-18/h4-5,8-9,14,17H,3,6-7,10-13H2,1-2H3,(H,23,27)(H,24,25)/t17-/m0/s1. The number of fused-ring (bicyclic) bond motifs is 1. The van der Waals surface area contributed by atoms with Crippen molar-refractivity contribution in [1.29, 1.82) is 0 Å². The maximum absolute atomic E-state index is 13.3. The first kappa shape index (κ1) is 22.6. The number of amides is 2. The maximum atomic E-state index is 13.3. The fourth-order valence-corrected chi connectivity index (χ4v) is 5.32. The molecule has 162 valence electrons. The van der Waals surface area contributed by atoms with Crippen LogP contribution in [0.2, 0.25) is 0 Å². The summed E-state index contributed by atoms with van der Waals surface area (Å²) in [5, 5.41) is 9.76. The van der Waals surface area contributed by atoms with Crippen LogP contribution in [-0.2, 0) is 14.3 Å². The van der Waals surface area contributed by atoms with Gasteiger partial charge in [0.25, 0.3) is 5.91 Å². The van der Waals surface area contributed by atoms with Crippen molar-refractivity contribution in [3.63, 3.8) is 0 Å². The minimum atomic E-state index is -1.01. The first-order chi connectivity index (χ1) is 14.5. The third-order valence-electron chi connectivity index (χ3n) is 5.61. The van der Waals surface area contributed by atoms with Crippen molar-refractivity contribution in [3.05, 3.63) is 34.5 Å². The molecule has 30 heavy (non-hydrogen) atoms. The molecule has 0 radical (unpaired) electrons. The highest BCUT2D eigenvalue weighted by Crippen LogP contribution is 2.31. The van der Waals surface area contributed by atoms with E-state index in [0.29, 0.717) is 24.1 Å². The Labute approximate surface area is 185 Å². The molecule has 1 heterocycles. The number of esters is 1. The minimum Gasteiger partial charge on any atom is -0.467 e. The number of hydrogen-bond acceptors (Lipinski definition) is 6. The van der Waals surface area contributed by atoms with Crippen molar-refractivity contribution in [2.45, 2.75) is 50.1 Å². The van der Waals surface area contributed by atoms with Gasteiger partial charge in [-0.1, -0.05) is 43.5 Å². The number of benzene rings is 1. The molecule has 0 spiro atoms. The van der Waals surface area contributed by atoms with Gasteiger partial charge in [-0.25, -0.2) is 4.79 Å². The van der Waals surface area contributed by atoms with Crippen LogP contribution in [0.1, 0.15) is 48.2 Å². The summed E-state index contributed by atoms with van der Waals surface area (Å²) in [5.74, 6) is -0.274. The normalized spacial score (nSPS) is 16.6. The van der Waals surface area contributed by atoms with E-state index < -0.39 is 17.6 Å². The zero-order chi connectivity index (χ0) is 21.6. The van der Waals surface area contributed by atoms with E-state index in [2.05, 4.69) is 10.6 Å². The first-order valence-corrected chi connectivity index (χ1v) is 12.4. The van der Waals surface area contributed by atoms with E-state index in [4.69, 9.17) is 4.74 Å². The monoisotopic (exact) mass is 448 g/mol. The van der Waals surface area contributed by atoms with Gasteiger partial charge < -0.3 is 15.4 Å². The average molecular weight is 449 g/mol. The summed E-state index contributed by atoms with van der Waals surface area (Å²) in [6.07, 6.45) is 6.29. The molecule has 2 amide bonds. The number of rotatable bonds is 8. The van der Waals surface area contributed by atoms with E-state index in [1.165, 1.54) is 18.4 Å². The van der Waals surface area contributed by atoms with Gasteiger partial charge in [-0.2, -0.15) is 11.8 Å². The number of carbonyl (C=O) groups is 3. The Bertz CT molecular complexity index is 905. The molecule has 1 saturated carbocycles. The summed E-state index contributed by atoms with van der Waals surface area (Å²) < 4.78 is 4.87. The van der Waals surface area contributed by atoms with E-state index >= 15 is 0 Å². The Morgan fingerprint density at radius 3 is 2.63 bits per heavy atom. The molecule has 0 aliphatic heterocycles. The molecule has 6 nitrogen and oxygen atoms in total. The molecule has 1 aliphatic rings. The van der Waals surface area contributed by atoms with Crippen molar-refractivity contribution in [1.82, 2.24) is 10.6 Å². The highest BCUT2D eigenvalue weighted by molar-refractivity contribution is 7.98. The second kappa shape index (κ2) is 10.3. The summed E-state index contributed by atoms with van der Waals surface area (Å²) in [6.45, 7) is 0. The van der Waals surface area contributed by atoms with Crippen LogP contribution in [0.5, 0.6) is 0 Å². The lowest BCUT2D eigenvalue weighted by molar-refractivity contribution is -0.146. The van der Waals surface area contributed by atoms with Gasteiger partial charge >= 0.3 is 5.97 Å². The quantitative estimate of drug-likeness (QED) is 0.601. The van der Waals surface area contributed by atoms with Gasteiger partial charge in [0.2, 0.25) is 5.91 Å². The number of ether oxygens (including phenoxy) is 1. The molecule has 1 aromatic carbocycles. The van der Waals surface area contributed by atoms with Gasteiger partial charge in [-0.05, 0) is 42.0 Å². The average Bonchev–Trinajstić information content (AvgIpc) is 3.21. The first-order valence-electron chi connectivity index (χ1n) is 10.2. The van der Waals surface area contributed by atoms with Crippen molar-refractivity contribution in [3.8, 4) is 0 Å². The van der Waals surface area contributed by atoms with Crippen LogP contribution in [0.4, 0.5) is 0 Å². The van der Waals surface area contributed by atoms with Gasteiger partial charge in [0.05, 0.1) is 12.0 Å². The van der Waals surface area contributed by atoms with Gasteiger partial charge in [0.1, 0.15) is 11.6 Å². The molecular weight excluding hydrogens is 420 g/mol. The highest BCUT2D eigenvalue weighted by Gasteiger charge is 2.42. The third-order valence-corrected chi connectivity index (χ3v) is 7.27. The van der Waals surface area contributed by atoms with Crippen molar-refractivity contribution in [2.24, 2.45) is 0 Å². The Morgan fingerprint density at radius 1 is 1.20 bits per heavy atom. The fraction of sp³-hybridized carbons (Fsp3) is 0.500. The number of thiophene rings is 1. The molecule has 3 rings (SSSR count). The summed E-state index contributed by atoms with van der Waals surface area (Å²) in [4.78, 5) is 39.3. The Balaban J connectivity index is 1.81. The van der Waals surface area contributed by atoms with Gasteiger partial charge in [-0.15, -0.1) is 11.3 Å². The van der Waals surface area contributed by atoms with Crippen LogP contribution in [0.15, 0.2) is 29.6 Å². The van der Waals surface area contributed by atoms with Crippen LogP contribution in [-0.4, -0.2) is 48.5 Å². The molecule has 1 fully saturated rings. The van der Waals surface area contributed by atoms with E-state index in [-0.39, 0.29) is 11.8 Å². The second-order valence-corrected chi connectivity index (χ2v) is 9.44. The Morgan fingerprint density at radius 2 is 1.93 bits per heavy atom. The number of hydrogen-bond donors (Lipinski definition) is 2. The van der Waals surface area contributed by atoms with E-state index in [1.807, 2.05) is 35.9 Å². The van der Waals surface area contributed by atoms with E-state index in [1.54, 1.807) is 11.8 Å². The van der Waals surface area contributed by atoms with E-state index in [9.17, 15) is 14.4 Å². The maximum Gasteiger partial charge on any atom is 0.328 e. The predicted octanol–water partition coefficient (Wildman–Crippen LogP) is 3.74. The molecule has 0 bridgehead atoms. The molecule has 1 atom stereocenters. The lowest BCUT2D eigenvalue weighted by Gasteiger charge is -2.37. The van der Waals surface area contributed by atoms with Crippen LogP contribution < -0.4 is 10.6 Å². The summed E-state index contributed by atoms with van der Waals surface area (Å²) in [7, 11) is 1.32. The minimum absolute atomic E-state index is 0.239. The molecule has 0 saturated heterocycles. The fourth-order valence-electron chi connectivity index (χ4n) is 3.93. The zero-order valence-electron chi connectivity index (χ0n) is 17.4. The molecule has 1 aliphatic carbocycles. The van der Waals surface area contributed by atoms with E-state index in [0.717, 1.165) is 35.8 Å². The summed E-state index contributed by atoms with van der Waals surface area (Å²) >= 11 is 2.99. The van der Waals surface area contributed by atoms with Crippen LogP contribution >= 0.6 is 23.1 Å². The number of nitrogens with one attached hydrogen (secondary N) is 2. The van der Waals surface area contributed by atoms with Gasteiger partial charge in [0.15, 0.2) is 0 Å². The number of thioether (sulfide) groups is 1. The Hall–Kier alpha value is -2.06. The largest absolute Gasteiger partial charge is 0.467 e. The topological polar surface area (TPSA) is 84.5 Å². The molecule has 8 heteroatoms. The summed E-state index contributed by atoms with van der Waals surface area (Å²) in [5.41, 5.74) is -1.01. The highest BCUT2D eigenvalue weighted by atomic mass is 32.2. The SMILES string of the molecule is COC(=O)[C@H](CCSC)NC(=O)C1(NC(=O)c2scc3ccccc23)CCCCC1. The summed E-state index contributed by atoms with van der Waals surface area (Å²) in [6, 6.07) is 7.02. The van der Waals surface area contributed by atoms with Crippen LogP contribution in [0.3, 0.4) is 0 Å². The molecule has 2 N–H and O–H groups in total. The van der Waals surface area contributed by atoms with Gasteiger partial charge in [0, 0.05) is 5.39 Å². The van der Waals surface area contributed by atoms with Crippen LogP contribution in [0, 0.1) is 0 Å². The molecule has 0 unspecified atom stereocenters. The molecular formula is C22H28N2O4S2. The van der Waals surface area contributed by atoms with Gasteiger partial charge in [-0.3, -0.25) is 9.59 Å². The van der Waals surface area contributed by atoms with Crippen molar-refractivity contribution >= 4 is 51.7 Å². The number of methoxy groups -OCH3 is 1. The Kier molecular flexibility index (Phi) is 7.77. The zero-order valence-corrected chi connectivity index (χ0v) is 19.0. The second-order valence-electron chi connectivity index (χ2n) is 7.58. The van der Waals surface area contributed by atoms with Crippen LogP contribution in [0.25, 0.3) is 10.8 Å². The third kappa shape index (κ3) is 4.98.